The van der Waals surface area contributed by atoms with Crippen molar-refractivity contribution in [3.8, 4) is 22.5 Å². The number of pyridine rings is 1. The first kappa shape index (κ1) is 15.9. The van der Waals surface area contributed by atoms with Crippen LogP contribution in [0.4, 0.5) is 5.82 Å². The maximum atomic E-state index is 10.5. The Bertz CT molecular complexity index is 1570. The van der Waals surface area contributed by atoms with Gasteiger partial charge in [0.25, 0.3) is 0 Å². The summed E-state index contributed by atoms with van der Waals surface area (Å²) >= 11 is 0. The zero-order valence-corrected chi connectivity index (χ0v) is 17.2. The molecule has 0 aliphatic heterocycles. The number of hydrogen-bond donors (Lipinski definition) is 2. The standard InChI is InChI=1S/C26H23N5O/c1-26(32)14-19(15-26)25-30-22(23-24(27)28-11-12-31(23)25)18-8-7-17-9-10-20(29-21(17)13-18)16-5-3-2-4-6-16/h2-13,19,32H,14-15H2,1H3,(H2,27,28)/t19-,26-/i1D3. The smallest absolute Gasteiger partial charge is 0.150 e. The highest BCUT2D eigenvalue weighted by molar-refractivity contribution is 5.91. The number of benzene rings is 2. The van der Waals surface area contributed by atoms with E-state index < -0.39 is 12.5 Å². The third-order valence-corrected chi connectivity index (χ3v) is 6.18. The number of nitrogens with zero attached hydrogens (tertiary/aromatic N) is 4. The average Bonchev–Trinajstić information content (AvgIpc) is 3.22. The third kappa shape index (κ3) is 3.03. The second-order valence-corrected chi connectivity index (χ2v) is 8.46. The van der Waals surface area contributed by atoms with Gasteiger partial charge in [-0.2, -0.15) is 0 Å². The number of nitrogen functional groups attached to an aromatic ring is 1. The number of imidazole rings is 1. The van der Waals surface area contributed by atoms with Crippen molar-refractivity contribution < 1.29 is 9.22 Å². The highest BCUT2D eigenvalue weighted by atomic mass is 16.3. The van der Waals surface area contributed by atoms with Crippen LogP contribution < -0.4 is 5.73 Å². The van der Waals surface area contributed by atoms with Crippen molar-refractivity contribution in [2.75, 3.05) is 5.73 Å². The van der Waals surface area contributed by atoms with Crippen molar-refractivity contribution >= 4 is 22.2 Å². The van der Waals surface area contributed by atoms with Crippen LogP contribution in [-0.2, 0) is 0 Å². The maximum Gasteiger partial charge on any atom is 0.150 e. The number of hydrogen-bond acceptors (Lipinski definition) is 5. The summed E-state index contributed by atoms with van der Waals surface area (Å²) in [7, 11) is 0. The minimum Gasteiger partial charge on any atom is -0.390 e. The van der Waals surface area contributed by atoms with Crippen molar-refractivity contribution in [1.82, 2.24) is 19.4 Å². The minimum atomic E-state index is -2.43. The summed E-state index contributed by atoms with van der Waals surface area (Å²) < 4.78 is 24.8. The van der Waals surface area contributed by atoms with Gasteiger partial charge < -0.3 is 10.8 Å². The minimum absolute atomic E-state index is 0.115. The Morgan fingerprint density at radius 1 is 1.06 bits per heavy atom. The lowest BCUT2D eigenvalue weighted by Crippen LogP contribution is -2.40. The molecular weight excluding hydrogens is 398 g/mol. The van der Waals surface area contributed by atoms with E-state index in [4.69, 9.17) is 19.8 Å². The number of aliphatic hydroxyl groups is 1. The van der Waals surface area contributed by atoms with E-state index in [2.05, 4.69) is 4.98 Å². The van der Waals surface area contributed by atoms with Crippen LogP contribution in [0.2, 0.25) is 0 Å². The monoisotopic (exact) mass is 424 g/mol. The van der Waals surface area contributed by atoms with Gasteiger partial charge in [0.2, 0.25) is 0 Å². The van der Waals surface area contributed by atoms with Crippen LogP contribution in [0, 0.1) is 0 Å². The van der Waals surface area contributed by atoms with Gasteiger partial charge in [-0.15, -0.1) is 0 Å². The molecule has 1 aliphatic rings. The zero-order valence-electron chi connectivity index (χ0n) is 20.2. The lowest BCUT2D eigenvalue weighted by molar-refractivity contribution is -0.0335. The first-order valence-corrected chi connectivity index (χ1v) is 10.5. The molecule has 6 heteroatoms. The number of rotatable bonds is 3. The predicted octanol–water partition coefficient (Wildman–Crippen LogP) is 4.82. The van der Waals surface area contributed by atoms with E-state index in [9.17, 15) is 5.11 Å². The molecular formula is C26H23N5O. The molecule has 3 heterocycles. The molecule has 0 atom stereocenters. The summed E-state index contributed by atoms with van der Waals surface area (Å²) in [5.41, 5.74) is 9.48. The van der Waals surface area contributed by atoms with Gasteiger partial charge in [0.05, 0.1) is 16.8 Å². The lowest BCUT2D eigenvalue weighted by Gasteiger charge is -2.40. The van der Waals surface area contributed by atoms with Crippen molar-refractivity contribution in [3.63, 3.8) is 0 Å². The molecule has 1 saturated carbocycles. The highest BCUT2D eigenvalue weighted by Crippen LogP contribution is 2.45. The SMILES string of the molecule is [2H]C([2H])([2H])[C@]1(O)C[C@H](c2nc(-c3ccc4ccc(-c5ccccc5)nc4c3)c3c(N)nccn32)C1. The summed E-state index contributed by atoms with van der Waals surface area (Å²) in [6.07, 6.45) is 3.60. The van der Waals surface area contributed by atoms with Crippen LogP contribution in [0.15, 0.2) is 73.1 Å². The van der Waals surface area contributed by atoms with Crippen LogP contribution in [0.25, 0.3) is 38.9 Å². The Morgan fingerprint density at radius 3 is 2.69 bits per heavy atom. The molecule has 0 saturated heterocycles. The molecule has 2 aromatic carbocycles. The summed E-state index contributed by atoms with van der Waals surface area (Å²) in [6.45, 7) is -2.43. The number of fused-ring (bicyclic) bond motifs is 2. The number of nitrogens with two attached hydrogens (primary N) is 1. The van der Waals surface area contributed by atoms with Crippen molar-refractivity contribution in [3.05, 3.63) is 78.9 Å². The molecule has 32 heavy (non-hydrogen) atoms. The molecule has 0 amide bonds. The second kappa shape index (κ2) is 6.87. The highest BCUT2D eigenvalue weighted by Gasteiger charge is 2.41. The summed E-state index contributed by atoms with van der Waals surface area (Å²) in [5, 5.41) is 11.5. The van der Waals surface area contributed by atoms with Gasteiger partial charge in [-0.3, -0.25) is 4.40 Å². The van der Waals surface area contributed by atoms with E-state index >= 15 is 0 Å². The molecule has 0 spiro atoms. The van der Waals surface area contributed by atoms with Gasteiger partial charge in [0.1, 0.15) is 22.9 Å². The molecule has 5 aromatic rings. The molecule has 0 bridgehead atoms. The molecule has 1 aliphatic carbocycles. The molecule has 0 unspecified atom stereocenters. The Morgan fingerprint density at radius 2 is 1.88 bits per heavy atom. The average molecular weight is 425 g/mol. The van der Waals surface area contributed by atoms with Crippen LogP contribution in [-0.4, -0.2) is 30.1 Å². The van der Waals surface area contributed by atoms with Gasteiger partial charge in [-0.25, -0.2) is 15.0 Å². The third-order valence-electron chi connectivity index (χ3n) is 6.18. The molecule has 1 fully saturated rings. The van der Waals surface area contributed by atoms with Crippen LogP contribution in [0.5, 0.6) is 0 Å². The maximum absolute atomic E-state index is 10.5. The van der Waals surface area contributed by atoms with E-state index in [1.165, 1.54) is 0 Å². The second-order valence-electron chi connectivity index (χ2n) is 8.46. The number of anilines is 1. The van der Waals surface area contributed by atoms with Crippen LogP contribution in [0.1, 0.15) is 35.5 Å². The molecule has 6 rings (SSSR count). The quantitative estimate of drug-likeness (QED) is 0.433. The molecule has 158 valence electrons. The molecule has 0 radical (unpaired) electrons. The van der Waals surface area contributed by atoms with Crippen molar-refractivity contribution in [2.24, 2.45) is 0 Å². The fourth-order valence-electron chi connectivity index (χ4n) is 4.55. The lowest BCUT2D eigenvalue weighted by atomic mass is 9.72. The van der Waals surface area contributed by atoms with Gasteiger partial charge in [-0.1, -0.05) is 48.5 Å². The van der Waals surface area contributed by atoms with E-state index in [1.54, 1.807) is 12.4 Å². The zero-order chi connectivity index (χ0) is 24.4. The van der Waals surface area contributed by atoms with Gasteiger partial charge in [-0.05, 0) is 31.8 Å². The fraction of sp³-hybridized carbons (Fsp3) is 0.192. The Kier molecular flexibility index (Phi) is 3.42. The van der Waals surface area contributed by atoms with Gasteiger partial charge in [0.15, 0.2) is 0 Å². The summed E-state index contributed by atoms with van der Waals surface area (Å²) in [5.74, 6) is 0.800. The Labute approximate surface area is 189 Å². The Balaban J connectivity index is 1.46. The van der Waals surface area contributed by atoms with Crippen molar-refractivity contribution in [1.29, 1.82) is 0 Å². The first-order chi connectivity index (χ1) is 16.7. The van der Waals surface area contributed by atoms with E-state index in [0.717, 1.165) is 27.7 Å². The van der Waals surface area contributed by atoms with E-state index in [1.807, 2.05) is 65.1 Å². The van der Waals surface area contributed by atoms with Gasteiger partial charge in [0, 0.05) is 38.9 Å². The molecule has 6 nitrogen and oxygen atoms in total. The Hall–Kier alpha value is -3.77. The molecule has 3 aromatic heterocycles. The summed E-state index contributed by atoms with van der Waals surface area (Å²) in [6, 6.07) is 20.0. The fourth-order valence-corrected chi connectivity index (χ4v) is 4.55. The van der Waals surface area contributed by atoms with E-state index in [-0.39, 0.29) is 18.8 Å². The van der Waals surface area contributed by atoms with Gasteiger partial charge >= 0.3 is 0 Å². The molecule has 3 N–H and O–H groups in total. The predicted molar refractivity (Wildman–Crippen MR) is 126 cm³/mol. The van der Waals surface area contributed by atoms with Crippen LogP contribution in [0.3, 0.4) is 0 Å². The number of aromatic nitrogens is 4. The topological polar surface area (TPSA) is 89.3 Å². The largest absolute Gasteiger partial charge is 0.390 e. The first-order valence-electron chi connectivity index (χ1n) is 12.0. The van der Waals surface area contributed by atoms with E-state index in [0.29, 0.717) is 22.9 Å². The van der Waals surface area contributed by atoms with Crippen molar-refractivity contribution in [2.45, 2.75) is 31.2 Å². The normalized spacial score (nSPS) is 22.3. The summed E-state index contributed by atoms with van der Waals surface area (Å²) in [4.78, 5) is 14.0. The van der Waals surface area contributed by atoms with Crippen LogP contribution >= 0.6 is 0 Å².